The monoisotopic (exact) mass is 422 g/mol. The molecule has 1 amide bonds. The molecule has 0 atom stereocenters. The van der Waals surface area contributed by atoms with Crippen LogP contribution in [0.15, 0.2) is 42.1 Å². The summed E-state index contributed by atoms with van der Waals surface area (Å²) >= 11 is 17.6. The van der Waals surface area contributed by atoms with Gasteiger partial charge in [0.1, 0.15) is 12.3 Å². The Hall–Kier alpha value is -2.28. The van der Waals surface area contributed by atoms with E-state index in [1.807, 2.05) is 18.2 Å². The molecular weight excluding hydrogens is 407 g/mol. The number of hydrogen-bond donors (Lipinski definition) is 1. The highest BCUT2D eigenvalue weighted by Crippen LogP contribution is 2.38. The van der Waals surface area contributed by atoms with Crippen LogP contribution >= 0.6 is 35.4 Å². The quantitative estimate of drug-likeness (QED) is 0.575. The lowest BCUT2D eigenvalue weighted by atomic mass is 10.1. The van der Waals surface area contributed by atoms with Crippen LogP contribution in [0.2, 0.25) is 10.0 Å². The van der Waals surface area contributed by atoms with Crippen molar-refractivity contribution in [3.8, 4) is 11.5 Å². The summed E-state index contributed by atoms with van der Waals surface area (Å²) in [6.07, 6.45) is 1.66. The summed E-state index contributed by atoms with van der Waals surface area (Å²) in [6.45, 7) is 0.245. The SMILES string of the molecule is COc1cc(C=C2NC(=S)N(C)C2=O)cc(Cl)c1OCc1ccccc1Cl. The van der Waals surface area contributed by atoms with Gasteiger partial charge in [0.05, 0.1) is 12.1 Å². The van der Waals surface area contributed by atoms with Gasteiger partial charge in [-0.15, -0.1) is 0 Å². The molecule has 0 radical (unpaired) electrons. The largest absolute Gasteiger partial charge is 0.493 e. The van der Waals surface area contributed by atoms with Crippen LogP contribution in [-0.2, 0) is 11.4 Å². The number of carbonyl (C=O) groups is 1. The number of methoxy groups -OCH3 is 1. The van der Waals surface area contributed by atoms with E-state index in [4.69, 9.17) is 44.9 Å². The Bertz CT molecular complexity index is 947. The van der Waals surface area contributed by atoms with E-state index in [-0.39, 0.29) is 12.5 Å². The molecule has 1 aliphatic rings. The summed E-state index contributed by atoms with van der Waals surface area (Å²) in [5, 5.41) is 4.18. The highest BCUT2D eigenvalue weighted by atomic mass is 35.5. The van der Waals surface area contributed by atoms with Crippen molar-refractivity contribution in [2.45, 2.75) is 6.61 Å². The molecule has 1 heterocycles. The van der Waals surface area contributed by atoms with Crippen LogP contribution in [0.25, 0.3) is 6.08 Å². The van der Waals surface area contributed by atoms with Crippen LogP contribution in [0, 0.1) is 0 Å². The van der Waals surface area contributed by atoms with Gasteiger partial charge in [0.15, 0.2) is 16.6 Å². The maximum atomic E-state index is 12.1. The Labute approximate surface area is 172 Å². The normalized spacial score (nSPS) is 15.3. The van der Waals surface area contributed by atoms with Crippen molar-refractivity contribution in [1.82, 2.24) is 10.2 Å². The minimum Gasteiger partial charge on any atom is -0.493 e. The number of hydrogen-bond acceptors (Lipinski definition) is 4. The van der Waals surface area contributed by atoms with Gasteiger partial charge in [0, 0.05) is 17.6 Å². The van der Waals surface area contributed by atoms with Crippen molar-refractivity contribution in [3.63, 3.8) is 0 Å². The summed E-state index contributed by atoms with van der Waals surface area (Å²) < 4.78 is 11.2. The number of amides is 1. The van der Waals surface area contributed by atoms with Gasteiger partial charge in [-0.1, -0.05) is 41.4 Å². The van der Waals surface area contributed by atoms with Crippen LogP contribution in [0.1, 0.15) is 11.1 Å². The zero-order valence-electron chi connectivity index (χ0n) is 14.6. The maximum Gasteiger partial charge on any atom is 0.276 e. The van der Waals surface area contributed by atoms with Gasteiger partial charge in [-0.2, -0.15) is 0 Å². The average molecular weight is 423 g/mol. The van der Waals surface area contributed by atoms with E-state index in [1.54, 1.807) is 31.3 Å². The number of rotatable bonds is 5. The Balaban J connectivity index is 1.87. The minimum atomic E-state index is -0.214. The van der Waals surface area contributed by atoms with Crippen molar-refractivity contribution in [1.29, 1.82) is 0 Å². The van der Waals surface area contributed by atoms with Gasteiger partial charge in [-0.05, 0) is 42.1 Å². The highest BCUT2D eigenvalue weighted by molar-refractivity contribution is 7.80. The third-order valence-electron chi connectivity index (χ3n) is 3.97. The lowest BCUT2D eigenvalue weighted by molar-refractivity contribution is -0.121. The van der Waals surface area contributed by atoms with E-state index < -0.39 is 0 Å². The molecule has 140 valence electrons. The molecule has 5 nitrogen and oxygen atoms in total. The second kappa shape index (κ2) is 8.17. The third kappa shape index (κ3) is 4.18. The number of ether oxygens (including phenoxy) is 2. The van der Waals surface area contributed by atoms with Gasteiger partial charge >= 0.3 is 0 Å². The molecule has 1 saturated heterocycles. The second-order valence-electron chi connectivity index (χ2n) is 5.77. The van der Waals surface area contributed by atoms with E-state index in [1.165, 1.54) is 12.0 Å². The molecule has 27 heavy (non-hydrogen) atoms. The lowest BCUT2D eigenvalue weighted by Crippen LogP contribution is -2.25. The van der Waals surface area contributed by atoms with E-state index in [0.717, 1.165) is 5.56 Å². The van der Waals surface area contributed by atoms with E-state index in [2.05, 4.69) is 5.32 Å². The molecule has 2 aromatic carbocycles. The number of benzene rings is 2. The molecule has 1 N–H and O–H groups in total. The molecule has 3 rings (SSSR count). The number of likely N-dealkylation sites (N-methyl/N-ethyl adjacent to an activating group) is 1. The number of carbonyl (C=O) groups excluding carboxylic acids is 1. The Morgan fingerprint density at radius 3 is 2.59 bits per heavy atom. The fourth-order valence-corrected chi connectivity index (χ4v) is 3.18. The van der Waals surface area contributed by atoms with Gasteiger partial charge < -0.3 is 14.8 Å². The molecule has 2 aromatic rings. The Morgan fingerprint density at radius 2 is 1.96 bits per heavy atom. The topological polar surface area (TPSA) is 50.8 Å². The Kier molecular flexibility index (Phi) is 5.89. The van der Waals surface area contributed by atoms with Gasteiger partial charge in [0.2, 0.25) is 0 Å². The molecular formula is C19H16Cl2N2O3S. The predicted octanol–water partition coefficient (Wildman–Crippen LogP) is 4.27. The number of halogens is 2. The molecule has 0 bridgehead atoms. The van der Waals surface area contributed by atoms with Crippen LogP contribution in [-0.4, -0.2) is 30.1 Å². The molecule has 1 aliphatic heterocycles. The fraction of sp³-hybridized carbons (Fsp3) is 0.158. The molecule has 0 unspecified atom stereocenters. The van der Waals surface area contributed by atoms with Crippen molar-refractivity contribution in [2.75, 3.05) is 14.2 Å². The third-order valence-corrected chi connectivity index (χ3v) is 5.00. The van der Waals surface area contributed by atoms with E-state index in [0.29, 0.717) is 37.9 Å². The van der Waals surface area contributed by atoms with Crippen molar-refractivity contribution in [3.05, 3.63) is 63.3 Å². The van der Waals surface area contributed by atoms with Crippen molar-refractivity contribution < 1.29 is 14.3 Å². The second-order valence-corrected chi connectivity index (χ2v) is 6.97. The zero-order valence-corrected chi connectivity index (χ0v) is 16.9. The van der Waals surface area contributed by atoms with E-state index >= 15 is 0 Å². The standard InChI is InChI=1S/C19H16Cl2N2O3S/c1-23-18(24)15(22-19(23)27)8-11-7-14(21)17(16(9-11)25-2)26-10-12-5-3-4-6-13(12)20/h3-9H,10H2,1-2H3,(H,22,27). The smallest absolute Gasteiger partial charge is 0.276 e. The van der Waals surface area contributed by atoms with Crippen molar-refractivity contribution >= 4 is 52.5 Å². The van der Waals surface area contributed by atoms with Crippen LogP contribution in [0.3, 0.4) is 0 Å². The molecule has 1 fully saturated rings. The number of thiocarbonyl (C=S) groups is 1. The summed E-state index contributed by atoms with van der Waals surface area (Å²) in [4.78, 5) is 13.5. The van der Waals surface area contributed by atoms with Crippen LogP contribution in [0.5, 0.6) is 11.5 Å². The first-order valence-corrected chi connectivity index (χ1v) is 9.11. The molecule has 0 aromatic heterocycles. The van der Waals surface area contributed by atoms with Crippen LogP contribution in [0.4, 0.5) is 0 Å². The molecule has 0 aliphatic carbocycles. The van der Waals surface area contributed by atoms with Gasteiger partial charge in [-0.3, -0.25) is 9.69 Å². The fourth-order valence-electron chi connectivity index (χ4n) is 2.52. The molecule has 8 heteroatoms. The first kappa shape index (κ1) is 19.5. The lowest BCUT2D eigenvalue weighted by Gasteiger charge is -2.14. The first-order chi connectivity index (χ1) is 12.9. The van der Waals surface area contributed by atoms with Gasteiger partial charge in [-0.25, -0.2) is 0 Å². The van der Waals surface area contributed by atoms with Crippen LogP contribution < -0.4 is 14.8 Å². The summed E-state index contributed by atoms with van der Waals surface area (Å²) in [5.41, 5.74) is 1.88. The average Bonchev–Trinajstić information content (AvgIpc) is 2.88. The number of nitrogens with one attached hydrogen (secondary N) is 1. The summed E-state index contributed by atoms with van der Waals surface area (Å²) in [5.74, 6) is 0.636. The first-order valence-electron chi connectivity index (χ1n) is 7.95. The predicted molar refractivity (Wildman–Crippen MR) is 110 cm³/mol. The zero-order chi connectivity index (χ0) is 19.6. The van der Waals surface area contributed by atoms with Gasteiger partial charge in [0.25, 0.3) is 5.91 Å². The molecule has 0 saturated carbocycles. The maximum absolute atomic E-state index is 12.1. The minimum absolute atomic E-state index is 0.214. The van der Waals surface area contributed by atoms with E-state index in [9.17, 15) is 4.79 Å². The molecule has 0 spiro atoms. The summed E-state index contributed by atoms with van der Waals surface area (Å²) in [6, 6.07) is 10.8. The number of nitrogens with zero attached hydrogens (tertiary/aromatic N) is 1. The Morgan fingerprint density at radius 1 is 1.22 bits per heavy atom. The highest BCUT2D eigenvalue weighted by Gasteiger charge is 2.27. The summed E-state index contributed by atoms with van der Waals surface area (Å²) in [7, 11) is 3.13. The van der Waals surface area contributed by atoms with Crippen molar-refractivity contribution in [2.24, 2.45) is 0 Å².